The Bertz CT molecular complexity index is 65.9. The lowest BCUT2D eigenvalue weighted by Gasteiger charge is -1.68. The van der Waals surface area contributed by atoms with Crippen LogP contribution in [0.5, 0.6) is 0 Å². The van der Waals surface area contributed by atoms with Crippen LogP contribution < -0.4 is 0 Å². The first kappa shape index (κ1) is 3.81. The SMILES string of the molecule is CC=NC1CO1. The number of hydrogen-bond acceptors (Lipinski definition) is 2. The van der Waals surface area contributed by atoms with Crippen molar-refractivity contribution in [3.8, 4) is 0 Å². The minimum Gasteiger partial charge on any atom is -0.349 e. The highest BCUT2D eigenvalue weighted by Crippen LogP contribution is 2.07. The van der Waals surface area contributed by atoms with Gasteiger partial charge in [0.05, 0.1) is 6.61 Å². The molecule has 6 heavy (non-hydrogen) atoms. The molecular weight excluding hydrogens is 78.0 g/mol. The first-order valence-corrected chi connectivity index (χ1v) is 2.03. The van der Waals surface area contributed by atoms with Gasteiger partial charge in [0.1, 0.15) is 0 Å². The van der Waals surface area contributed by atoms with Crippen molar-refractivity contribution in [1.82, 2.24) is 0 Å². The summed E-state index contributed by atoms with van der Waals surface area (Å²) in [5.41, 5.74) is 0. The smallest absolute Gasteiger partial charge is 0.171 e. The lowest BCUT2D eigenvalue weighted by molar-refractivity contribution is 0.416. The molecule has 2 heteroatoms. The molecular formula is C4H7NO. The summed E-state index contributed by atoms with van der Waals surface area (Å²) in [6.07, 6.45) is 1.98. The quantitative estimate of drug-likeness (QED) is 0.335. The van der Waals surface area contributed by atoms with Crippen LogP contribution in [0.15, 0.2) is 4.99 Å². The Balaban J connectivity index is 2.15. The van der Waals surface area contributed by atoms with Gasteiger partial charge in [-0.25, -0.2) is 0 Å². The summed E-state index contributed by atoms with van der Waals surface area (Å²) in [5, 5.41) is 0. The minimum absolute atomic E-state index is 0.218. The van der Waals surface area contributed by atoms with Crippen molar-refractivity contribution in [2.75, 3.05) is 6.61 Å². The summed E-state index contributed by atoms with van der Waals surface area (Å²) in [5.74, 6) is 0. The van der Waals surface area contributed by atoms with E-state index in [-0.39, 0.29) is 6.23 Å². The Morgan fingerprint density at radius 3 is 2.83 bits per heavy atom. The van der Waals surface area contributed by atoms with Crippen LogP contribution in [0.3, 0.4) is 0 Å². The van der Waals surface area contributed by atoms with Gasteiger partial charge < -0.3 is 4.74 Å². The fourth-order valence-corrected chi connectivity index (χ4v) is 0.295. The zero-order valence-corrected chi connectivity index (χ0v) is 3.72. The van der Waals surface area contributed by atoms with Crippen molar-refractivity contribution < 1.29 is 4.74 Å². The molecule has 1 aliphatic heterocycles. The van der Waals surface area contributed by atoms with Gasteiger partial charge in [0.2, 0.25) is 0 Å². The van der Waals surface area contributed by atoms with Crippen molar-refractivity contribution in [1.29, 1.82) is 0 Å². The van der Waals surface area contributed by atoms with Crippen LogP contribution in [-0.4, -0.2) is 19.0 Å². The largest absolute Gasteiger partial charge is 0.349 e. The van der Waals surface area contributed by atoms with Crippen molar-refractivity contribution in [3.05, 3.63) is 0 Å². The Kier molecular flexibility index (Phi) is 0.881. The maximum atomic E-state index is 4.75. The molecule has 0 saturated carbocycles. The van der Waals surface area contributed by atoms with Crippen LogP contribution in [0.25, 0.3) is 0 Å². The van der Waals surface area contributed by atoms with Crippen molar-refractivity contribution >= 4 is 6.21 Å². The van der Waals surface area contributed by atoms with Gasteiger partial charge in [-0.05, 0) is 13.1 Å². The summed E-state index contributed by atoms with van der Waals surface area (Å²) in [6.45, 7) is 2.71. The van der Waals surface area contributed by atoms with Crippen LogP contribution in [0, 0.1) is 0 Å². The third-order valence-corrected chi connectivity index (χ3v) is 0.631. The van der Waals surface area contributed by atoms with E-state index < -0.39 is 0 Å². The molecule has 1 heterocycles. The highest BCUT2D eigenvalue weighted by molar-refractivity contribution is 5.53. The number of epoxide rings is 1. The maximum absolute atomic E-state index is 4.75. The number of hydrogen-bond donors (Lipinski definition) is 0. The van der Waals surface area contributed by atoms with Gasteiger partial charge in [0, 0.05) is 0 Å². The number of rotatable bonds is 1. The molecule has 0 radical (unpaired) electrons. The van der Waals surface area contributed by atoms with E-state index in [0.29, 0.717) is 0 Å². The molecule has 34 valence electrons. The molecule has 2 nitrogen and oxygen atoms in total. The molecule has 0 N–H and O–H groups in total. The van der Waals surface area contributed by atoms with Crippen molar-refractivity contribution in [2.24, 2.45) is 4.99 Å². The lowest BCUT2D eigenvalue weighted by atomic mass is 10.8. The summed E-state index contributed by atoms with van der Waals surface area (Å²) in [6, 6.07) is 0. The average molecular weight is 85.1 g/mol. The molecule has 1 aliphatic rings. The van der Waals surface area contributed by atoms with E-state index in [9.17, 15) is 0 Å². The molecule has 0 amide bonds. The van der Waals surface area contributed by atoms with Gasteiger partial charge in [-0.2, -0.15) is 0 Å². The second-order valence-corrected chi connectivity index (χ2v) is 1.20. The molecule has 1 rings (SSSR count). The average Bonchev–Trinajstić information content (AvgIpc) is 2.21. The van der Waals surface area contributed by atoms with Crippen LogP contribution in [0.2, 0.25) is 0 Å². The first-order chi connectivity index (χ1) is 2.93. The number of aliphatic imine (C=N–C) groups is 1. The zero-order valence-electron chi connectivity index (χ0n) is 3.72. The molecule has 1 unspecified atom stereocenters. The fourth-order valence-electron chi connectivity index (χ4n) is 0.295. The predicted molar refractivity (Wildman–Crippen MR) is 23.9 cm³/mol. The van der Waals surface area contributed by atoms with E-state index in [2.05, 4.69) is 4.99 Å². The van der Waals surface area contributed by atoms with E-state index >= 15 is 0 Å². The van der Waals surface area contributed by atoms with Gasteiger partial charge >= 0.3 is 0 Å². The van der Waals surface area contributed by atoms with E-state index in [1.807, 2.05) is 6.92 Å². The highest BCUT2D eigenvalue weighted by Gasteiger charge is 2.18. The van der Waals surface area contributed by atoms with Crippen LogP contribution in [0.4, 0.5) is 0 Å². The first-order valence-electron chi connectivity index (χ1n) is 2.03. The minimum atomic E-state index is 0.218. The van der Waals surface area contributed by atoms with E-state index in [0.717, 1.165) is 6.61 Å². The Morgan fingerprint density at radius 1 is 2.00 bits per heavy atom. The molecule has 0 aromatic rings. The lowest BCUT2D eigenvalue weighted by Crippen LogP contribution is -1.72. The van der Waals surface area contributed by atoms with Crippen LogP contribution in [0.1, 0.15) is 6.92 Å². The standard InChI is InChI=1S/C4H7NO/c1-2-5-4-3-6-4/h2,4H,3H2,1H3. The van der Waals surface area contributed by atoms with E-state index in [1.54, 1.807) is 6.21 Å². The van der Waals surface area contributed by atoms with Crippen LogP contribution in [-0.2, 0) is 4.74 Å². The maximum Gasteiger partial charge on any atom is 0.171 e. The van der Waals surface area contributed by atoms with Crippen molar-refractivity contribution in [3.63, 3.8) is 0 Å². The molecule has 1 saturated heterocycles. The van der Waals surface area contributed by atoms with E-state index in [1.165, 1.54) is 0 Å². The third kappa shape index (κ3) is 0.792. The summed E-state index contributed by atoms with van der Waals surface area (Å²) in [7, 11) is 0. The molecule has 1 atom stereocenters. The Hall–Kier alpha value is -0.370. The highest BCUT2D eigenvalue weighted by atomic mass is 16.6. The molecule has 0 aromatic heterocycles. The summed E-state index contributed by atoms with van der Waals surface area (Å²) in [4.78, 5) is 3.89. The van der Waals surface area contributed by atoms with Gasteiger partial charge in [0.25, 0.3) is 0 Å². The second-order valence-electron chi connectivity index (χ2n) is 1.20. The van der Waals surface area contributed by atoms with Gasteiger partial charge in [0.15, 0.2) is 6.23 Å². The second kappa shape index (κ2) is 1.39. The Morgan fingerprint density at radius 2 is 2.67 bits per heavy atom. The van der Waals surface area contributed by atoms with Gasteiger partial charge in [-0.3, -0.25) is 4.99 Å². The monoisotopic (exact) mass is 85.1 g/mol. The summed E-state index contributed by atoms with van der Waals surface area (Å²) >= 11 is 0. The van der Waals surface area contributed by atoms with Crippen LogP contribution >= 0.6 is 0 Å². The van der Waals surface area contributed by atoms with Gasteiger partial charge in [-0.1, -0.05) is 0 Å². The Labute approximate surface area is 36.8 Å². The van der Waals surface area contributed by atoms with Crippen molar-refractivity contribution in [2.45, 2.75) is 13.2 Å². The molecule has 0 aromatic carbocycles. The van der Waals surface area contributed by atoms with E-state index in [4.69, 9.17) is 4.74 Å². The topological polar surface area (TPSA) is 24.9 Å². The van der Waals surface area contributed by atoms with Gasteiger partial charge in [-0.15, -0.1) is 0 Å². The molecule has 0 spiro atoms. The normalized spacial score (nSPS) is 31.8. The third-order valence-electron chi connectivity index (χ3n) is 0.631. The molecule has 1 fully saturated rings. The fraction of sp³-hybridized carbons (Fsp3) is 0.750. The predicted octanol–water partition coefficient (Wildman–Crippen LogP) is 0.433. The summed E-state index contributed by atoms with van der Waals surface area (Å²) < 4.78 is 4.75. The molecule has 0 aliphatic carbocycles. The number of ether oxygens (including phenoxy) is 1. The molecule has 0 bridgehead atoms. The zero-order chi connectivity index (χ0) is 4.41. The number of nitrogens with zero attached hydrogens (tertiary/aromatic N) is 1.